The van der Waals surface area contributed by atoms with Crippen LogP contribution in [0.1, 0.15) is 29.3 Å². The molecular weight excluding hydrogens is 292 g/mol. The highest BCUT2D eigenvalue weighted by atomic mass is 35.5. The summed E-state index contributed by atoms with van der Waals surface area (Å²) in [6, 6.07) is 6.16. The molecule has 0 bridgehead atoms. The Balaban J connectivity index is 2.08. The van der Waals surface area contributed by atoms with E-state index in [2.05, 4.69) is 24.1 Å². The first-order chi connectivity index (χ1) is 9.56. The summed E-state index contributed by atoms with van der Waals surface area (Å²) >= 11 is 7.92. The molecule has 3 nitrogen and oxygen atoms in total. The Labute approximate surface area is 129 Å². The fraction of sp³-hybridized carbons (Fsp3) is 0.400. The molecule has 20 heavy (non-hydrogen) atoms. The van der Waals surface area contributed by atoms with E-state index in [0.29, 0.717) is 19.2 Å². The second kappa shape index (κ2) is 7.07. The first kappa shape index (κ1) is 15.3. The smallest absolute Gasteiger partial charge is 0.125 e. The summed E-state index contributed by atoms with van der Waals surface area (Å²) in [4.78, 5) is 5.34. The van der Waals surface area contributed by atoms with E-state index in [-0.39, 0.29) is 0 Å². The second-order valence-corrected chi connectivity index (χ2v) is 6.61. The standard InChI is InChI=1S/C15H19ClN2OS/c1-10(2)17-8-13-14(16)5-4-6-15(13)19-9-12-7-18-11(3)20-12/h4-7,10,17H,8-9H2,1-3H3. The minimum atomic E-state index is 0.406. The Morgan fingerprint density at radius 2 is 2.20 bits per heavy atom. The number of rotatable bonds is 6. The molecule has 1 aromatic carbocycles. The van der Waals surface area contributed by atoms with Crippen LogP contribution in [-0.4, -0.2) is 11.0 Å². The third kappa shape index (κ3) is 4.20. The maximum atomic E-state index is 6.27. The van der Waals surface area contributed by atoms with Crippen LogP contribution < -0.4 is 10.1 Å². The van der Waals surface area contributed by atoms with Gasteiger partial charge >= 0.3 is 0 Å². The van der Waals surface area contributed by atoms with Gasteiger partial charge in [0.05, 0.1) is 9.88 Å². The van der Waals surface area contributed by atoms with Crippen molar-refractivity contribution < 1.29 is 4.74 Å². The molecule has 1 heterocycles. The minimum absolute atomic E-state index is 0.406. The number of benzene rings is 1. The topological polar surface area (TPSA) is 34.1 Å². The van der Waals surface area contributed by atoms with Gasteiger partial charge in [0.15, 0.2) is 0 Å². The summed E-state index contributed by atoms with van der Waals surface area (Å²) in [5, 5.41) is 5.16. The van der Waals surface area contributed by atoms with Crippen LogP contribution in [0.15, 0.2) is 24.4 Å². The predicted octanol–water partition coefficient (Wildman–Crippen LogP) is 4.18. The van der Waals surface area contributed by atoms with E-state index in [0.717, 1.165) is 26.2 Å². The third-order valence-electron chi connectivity index (χ3n) is 2.80. The quantitative estimate of drug-likeness (QED) is 0.869. The summed E-state index contributed by atoms with van der Waals surface area (Å²) in [6.07, 6.45) is 1.86. The number of aryl methyl sites for hydroxylation is 1. The van der Waals surface area contributed by atoms with Crippen LogP contribution in [0, 0.1) is 6.92 Å². The monoisotopic (exact) mass is 310 g/mol. The Morgan fingerprint density at radius 1 is 1.40 bits per heavy atom. The van der Waals surface area contributed by atoms with Crippen LogP contribution in [0.2, 0.25) is 5.02 Å². The predicted molar refractivity (Wildman–Crippen MR) is 84.6 cm³/mol. The van der Waals surface area contributed by atoms with Gasteiger partial charge in [0, 0.05) is 29.4 Å². The van der Waals surface area contributed by atoms with Crippen LogP contribution >= 0.6 is 22.9 Å². The molecule has 0 radical (unpaired) electrons. The van der Waals surface area contributed by atoms with Crippen molar-refractivity contribution >= 4 is 22.9 Å². The number of ether oxygens (including phenoxy) is 1. The van der Waals surface area contributed by atoms with Crippen LogP contribution in [0.3, 0.4) is 0 Å². The van der Waals surface area contributed by atoms with Gasteiger partial charge in [-0.2, -0.15) is 0 Å². The number of hydrogen-bond donors (Lipinski definition) is 1. The van der Waals surface area contributed by atoms with Crippen molar-refractivity contribution in [3.8, 4) is 5.75 Å². The molecule has 2 aromatic rings. The molecule has 0 amide bonds. The van der Waals surface area contributed by atoms with Crippen molar-refractivity contribution in [1.29, 1.82) is 0 Å². The van der Waals surface area contributed by atoms with Crippen LogP contribution in [0.25, 0.3) is 0 Å². The van der Waals surface area contributed by atoms with E-state index in [4.69, 9.17) is 16.3 Å². The molecule has 0 unspecified atom stereocenters. The molecule has 0 atom stereocenters. The molecule has 0 fully saturated rings. The summed E-state index contributed by atoms with van der Waals surface area (Å²) in [7, 11) is 0. The largest absolute Gasteiger partial charge is 0.488 e. The lowest BCUT2D eigenvalue weighted by Gasteiger charge is -2.14. The first-order valence-electron chi connectivity index (χ1n) is 6.61. The van der Waals surface area contributed by atoms with E-state index in [1.165, 1.54) is 0 Å². The lowest BCUT2D eigenvalue weighted by molar-refractivity contribution is 0.305. The average molecular weight is 311 g/mol. The Morgan fingerprint density at radius 3 is 2.85 bits per heavy atom. The number of nitrogens with one attached hydrogen (secondary N) is 1. The molecular formula is C15H19ClN2OS. The molecule has 0 aliphatic carbocycles. The van der Waals surface area contributed by atoms with Crippen molar-refractivity contribution in [2.75, 3.05) is 0 Å². The van der Waals surface area contributed by atoms with Gasteiger partial charge in [0.25, 0.3) is 0 Å². The van der Waals surface area contributed by atoms with Gasteiger partial charge in [-0.3, -0.25) is 0 Å². The maximum Gasteiger partial charge on any atom is 0.125 e. The highest BCUT2D eigenvalue weighted by Crippen LogP contribution is 2.27. The Bertz CT molecular complexity index is 569. The Hall–Kier alpha value is -1.10. The zero-order chi connectivity index (χ0) is 14.5. The van der Waals surface area contributed by atoms with Crippen LogP contribution in [0.5, 0.6) is 5.75 Å². The van der Waals surface area contributed by atoms with Gasteiger partial charge in [-0.25, -0.2) is 4.98 Å². The summed E-state index contributed by atoms with van der Waals surface area (Å²) in [6.45, 7) is 7.44. The van der Waals surface area contributed by atoms with Gasteiger partial charge in [0.1, 0.15) is 12.4 Å². The van der Waals surface area contributed by atoms with E-state index in [1.807, 2.05) is 31.3 Å². The fourth-order valence-electron chi connectivity index (χ4n) is 1.77. The number of hydrogen-bond acceptors (Lipinski definition) is 4. The summed E-state index contributed by atoms with van der Waals surface area (Å²) in [5.41, 5.74) is 1.00. The lowest BCUT2D eigenvalue weighted by atomic mass is 10.2. The van der Waals surface area contributed by atoms with E-state index < -0.39 is 0 Å². The van der Waals surface area contributed by atoms with Crippen molar-refractivity contribution in [3.63, 3.8) is 0 Å². The van der Waals surface area contributed by atoms with Crippen molar-refractivity contribution in [2.24, 2.45) is 0 Å². The third-order valence-corrected chi connectivity index (χ3v) is 4.04. The zero-order valence-corrected chi connectivity index (χ0v) is 13.5. The minimum Gasteiger partial charge on any atom is -0.488 e. The highest BCUT2D eigenvalue weighted by Gasteiger charge is 2.09. The average Bonchev–Trinajstić information content (AvgIpc) is 2.81. The fourth-order valence-corrected chi connectivity index (χ4v) is 2.71. The molecule has 0 aliphatic heterocycles. The van der Waals surface area contributed by atoms with Crippen molar-refractivity contribution in [3.05, 3.63) is 44.9 Å². The van der Waals surface area contributed by atoms with Crippen molar-refractivity contribution in [2.45, 2.75) is 40.0 Å². The van der Waals surface area contributed by atoms with Gasteiger partial charge in [-0.05, 0) is 19.1 Å². The number of halogens is 1. The van der Waals surface area contributed by atoms with Crippen LogP contribution in [0.4, 0.5) is 0 Å². The SMILES string of the molecule is Cc1ncc(COc2cccc(Cl)c2CNC(C)C)s1. The van der Waals surface area contributed by atoms with E-state index >= 15 is 0 Å². The van der Waals surface area contributed by atoms with Crippen LogP contribution in [-0.2, 0) is 13.2 Å². The lowest BCUT2D eigenvalue weighted by Crippen LogP contribution is -2.22. The normalized spacial score (nSPS) is 11.1. The first-order valence-corrected chi connectivity index (χ1v) is 7.80. The molecule has 5 heteroatoms. The molecule has 1 N–H and O–H groups in total. The highest BCUT2D eigenvalue weighted by molar-refractivity contribution is 7.11. The number of thiazole rings is 1. The second-order valence-electron chi connectivity index (χ2n) is 4.89. The van der Waals surface area contributed by atoms with Gasteiger partial charge in [-0.15, -0.1) is 11.3 Å². The molecule has 0 saturated carbocycles. The molecule has 0 spiro atoms. The summed E-state index contributed by atoms with van der Waals surface area (Å²) in [5.74, 6) is 0.830. The Kier molecular flexibility index (Phi) is 5.40. The molecule has 0 saturated heterocycles. The van der Waals surface area contributed by atoms with E-state index in [1.54, 1.807) is 11.3 Å². The molecule has 1 aromatic heterocycles. The molecule has 0 aliphatic rings. The molecule has 108 valence electrons. The van der Waals surface area contributed by atoms with Gasteiger partial charge in [-0.1, -0.05) is 31.5 Å². The molecule has 2 rings (SSSR count). The zero-order valence-electron chi connectivity index (χ0n) is 11.9. The van der Waals surface area contributed by atoms with E-state index in [9.17, 15) is 0 Å². The number of aromatic nitrogens is 1. The van der Waals surface area contributed by atoms with Gasteiger partial charge < -0.3 is 10.1 Å². The van der Waals surface area contributed by atoms with Crippen molar-refractivity contribution in [1.82, 2.24) is 10.3 Å². The van der Waals surface area contributed by atoms with Gasteiger partial charge in [0.2, 0.25) is 0 Å². The number of nitrogens with zero attached hydrogens (tertiary/aromatic N) is 1. The summed E-state index contributed by atoms with van der Waals surface area (Å²) < 4.78 is 5.90. The maximum absolute atomic E-state index is 6.27.